The number of piperidine rings is 1. The minimum atomic E-state index is -3.66. The number of aryl methyl sites for hydroxylation is 1. The molecule has 8 heteroatoms. The molecular formula is C10H18N4O3S. The van der Waals surface area contributed by atoms with E-state index in [1.54, 1.807) is 7.05 Å². The van der Waals surface area contributed by atoms with Gasteiger partial charge in [0.25, 0.3) is 0 Å². The highest BCUT2D eigenvalue weighted by Crippen LogP contribution is 2.26. The van der Waals surface area contributed by atoms with E-state index in [1.165, 1.54) is 15.2 Å². The molecule has 1 aromatic rings. The maximum Gasteiger partial charge on any atom is 0.248 e. The Bertz CT molecular complexity index is 539. The van der Waals surface area contributed by atoms with Crippen LogP contribution in [0.4, 0.5) is 5.82 Å². The lowest BCUT2D eigenvalue weighted by atomic mass is 9.98. The van der Waals surface area contributed by atoms with Gasteiger partial charge in [-0.25, -0.2) is 8.42 Å². The molecule has 1 aliphatic rings. The van der Waals surface area contributed by atoms with E-state index < -0.39 is 16.1 Å². The first-order valence-electron chi connectivity index (χ1n) is 5.79. The molecule has 2 atom stereocenters. The van der Waals surface area contributed by atoms with Crippen molar-refractivity contribution in [2.45, 2.75) is 24.3 Å². The molecule has 0 aromatic carbocycles. The summed E-state index contributed by atoms with van der Waals surface area (Å²) in [5.74, 6) is 0.105. The fourth-order valence-electron chi connectivity index (χ4n) is 2.06. The Labute approximate surface area is 106 Å². The van der Waals surface area contributed by atoms with Crippen molar-refractivity contribution >= 4 is 15.8 Å². The van der Waals surface area contributed by atoms with E-state index in [4.69, 9.17) is 5.73 Å². The fraction of sp³-hybridized carbons (Fsp3) is 0.700. The van der Waals surface area contributed by atoms with Gasteiger partial charge in [0, 0.05) is 26.3 Å². The standard InChI is InChI=1S/C10H18N4O3S/c1-7-3-4-14(5-8(7)15)18(16,17)9-6-13(2)12-10(9)11/h6-8,15H,3-5H2,1-2H3,(H2,11,12). The normalized spacial score (nSPS) is 26.4. The minimum absolute atomic E-state index is 0.00625. The van der Waals surface area contributed by atoms with Crippen LogP contribution in [0.2, 0.25) is 0 Å². The second-order valence-electron chi connectivity index (χ2n) is 4.75. The Kier molecular flexibility index (Phi) is 3.35. The maximum atomic E-state index is 12.4. The highest BCUT2D eigenvalue weighted by Gasteiger charge is 2.34. The molecule has 1 fully saturated rings. The van der Waals surface area contributed by atoms with E-state index >= 15 is 0 Å². The fourth-order valence-corrected chi connectivity index (χ4v) is 3.62. The Morgan fingerprint density at radius 2 is 2.22 bits per heavy atom. The summed E-state index contributed by atoms with van der Waals surface area (Å²) in [6.07, 6.45) is 1.39. The predicted molar refractivity (Wildman–Crippen MR) is 66.2 cm³/mol. The number of nitrogens with two attached hydrogens (primary N) is 1. The first-order valence-corrected chi connectivity index (χ1v) is 7.23. The summed E-state index contributed by atoms with van der Waals surface area (Å²) in [5, 5.41) is 13.6. The number of aliphatic hydroxyl groups excluding tert-OH is 1. The van der Waals surface area contributed by atoms with Gasteiger partial charge in [-0.3, -0.25) is 4.68 Å². The molecule has 3 N–H and O–H groups in total. The van der Waals surface area contributed by atoms with Crippen LogP contribution in [0.1, 0.15) is 13.3 Å². The smallest absolute Gasteiger partial charge is 0.248 e. The third kappa shape index (κ3) is 2.23. The number of anilines is 1. The largest absolute Gasteiger partial charge is 0.391 e. The van der Waals surface area contributed by atoms with Crippen LogP contribution >= 0.6 is 0 Å². The Balaban J connectivity index is 2.29. The second-order valence-corrected chi connectivity index (χ2v) is 6.65. The van der Waals surface area contributed by atoms with Crippen LogP contribution < -0.4 is 5.73 Å². The molecule has 0 spiro atoms. The quantitative estimate of drug-likeness (QED) is 0.749. The van der Waals surface area contributed by atoms with E-state index in [9.17, 15) is 13.5 Å². The molecule has 0 aliphatic carbocycles. The molecule has 0 radical (unpaired) electrons. The second kappa shape index (κ2) is 4.52. The Hall–Kier alpha value is -1.12. The van der Waals surface area contributed by atoms with Crippen molar-refractivity contribution in [3.8, 4) is 0 Å². The van der Waals surface area contributed by atoms with E-state index in [1.807, 2.05) is 6.92 Å². The van der Waals surface area contributed by atoms with Gasteiger partial charge >= 0.3 is 0 Å². The topological polar surface area (TPSA) is 101 Å². The molecule has 0 amide bonds. The van der Waals surface area contributed by atoms with Gasteiger partial charge < -0.3 is 10.8 Å². The SMILES string of the molecule is CC1CCN(S(=O)(=O)c2cn(C)nc2N)CC1O. The summed E-state index contributed by atoms with van der Waals surface area (Å²) >= 11 is 0. The lowest BCUT2D eigenvalue weighted by Gasteiger charge is -2.33. The maximum absolute atomic E-state index is 12.4. The van der Waals surface area contributed by atoms with Gasteiger partial charge in [0.05, 0.1) is 6.10 Å². The molecule has 2 unspecified atom stereocenters. The van der Waals surface area contributed by atoms with E-state index in [0.717, 1.165) is 0 Å². The van der Waals surface area contributed by atoms with Gasteiger partial charge in [-0.05, 0) is 12.3 Å². The molecule has 1 saturated heterocycles. The summed E-state index contributed by atoms with van der Waals surface area (Å²) in [6, 6.07) is 0. The number of β-amino-alcohol motifs (C(OH)–C–C–N with tert-alkyl or cyclic N) is 1. The van der Waals surface area contributed by atoms with Crippen molar-refractivity contribution < 1.29 is 13.5 Å². The van der Waals surface area contributed by atoms with Gasteiger partial charge in [0.1, 0.15) is 4.90 Å². The first-order chi connectivity index (χ1) is 8.32. The monoisotopic (exact) mass is 274 g/mol. The summed E-state index contributed by atoms with van der Waals surface area (Å²) in [6.45, 7) is 2.42. The third-order valence-electron chi connectivity index (χ3n) is 3.32. The van der Waals surface area contributed by atoms with Crippen LogP contribution in [-0.4, -0.2) is 46.8 Å². The van der Waals surface area contributed by atoms with Crippen LogP contribution in [0, 0.1) is 5.92 Å². The zero-order valence-electron chi connectivity index (χ0n) is 10.4. The number of hydrogen-bond acceptors (Lipinski definition) is 5. The van der Waals surface area contributed by atoms with Gasteiger partial charge in [-0.15, -0.1) is 0 Å². The van der Waals surface area contributed by atoms with Crippen molar-refractivity contribution in [2.75, 3.05) is 18.8 Å². The number of nitrogens with zero attached hydrogens (tertiary/aromatic N) is 3. The number of nitrogen functional groups attached to an aromatic ring is 1. The van der Waals surface area contributed by atoms with E-state index in [0.29, 0.717) is 13.0 Å². The van der Waals surface area contributed by atoms with Crippen LogP contribution in [0.25, 0.3) is 0 Å². The van der Waals surface area contributed by atoms with Gasteiger partial charge in [0.15, 0.2) is 5.82 Å². The lowest BCUT2D eigenvalue weighted by molar-refractivity contribution is 0.0605. The zero-order valence-corrected chi connectivity index (χ0v) is 11.3. The number of hydrogen-bond donors (Lipinski definition) is 2. The van der Waals surface area contributed by atoms with E-state index in [2.05, 4.69) is 5.10 Å². The highest BCUT2D eigenvalue weighted by atomic mass is 32.2. The molecule has 2 rings (SSSR count). The Morgan fingerprint density at radius 3 is 2.72 bits per heavy atom. The van der Waals surface area contributed by atoms with Crippen molar-refractivity contribution in [3.63, 3.8) is 0 Å². The predicted octanol–water partition coefficient (Wildman–Crippen LogP) is -0.606. The van der Waals surface area contributed by atoms with Gasteiger partial charge in [-0.2, -0.15) is 9.40 Å². The molecule has 18 heavy (non-hydrogen) atoms. The zero-order chi connectivity index (χ0) is 13.5. The molecule has 1 aliphatic heterocycles. The van der Waals surface area contributed by atoms with Crippen molar-refractivity contribution in [3.05, 3.63) is 6.20 Å². The lowest BCUT2D eigenvalue weighted by Crippen LogP contribution is -2.45. The molecule has 0 bridgehead atoms. The third-order valence-corrected chi connectivity index (χ3v) is 5.20. The van der Waals surface area contributed by atoms with E-state index in [-0.39, 0.29) is 23.2 Å². The number of aromatic nitrogens is 2. The summed E-state index contributed by atoms with van der Waals surface area (Å²) in [5.41, 5.74) is 5.60. The van der Waals surface area contributed by atoms with Gasteiger partial charge in [-0.1, -0.05) is 6.92 Å². The van der Waals surface area contributed by atoms with Gasteiger partial charge in [0.2, 0.25) is 10.0 Å². The summed E-state index contributed by atoms with van der Waals surface area (Å²) < 4.78 is 27.3. The van der Waals surface area contributed by atoms with Crippen LogP contribution in [-0.2, 0) is 17.1 Å². The summed E-state index contributed by atoms with van der Waals surface area (Å²) in [7, 11) is -2.05. The van der Waals surface area contributed by atoms with Crippen molar-refractivity contribution in [2.24, 2.45) is 13.0 Å². The average Bonchev–Trinajstić information content (AvgIpc) is 2.62. The molecule has 2 heterocycles. The minimum Gasteiger partial charge on any atom is -0.391 e. The number of sulfonamides is 1. The molecule has 0 saturated carbocycles. The number of rotatable bonds is 2. The van der Waals surface area contributed by atoms with Crippen LogP contribution in [0.15, 0.2) is 11.1 Å². The van der Waals surface area contributed by atoms with Crippen LogP contribution in [0.5, 0.6) is 0 Å². The Morgan fingerprint density at radius 1 is 1.56 bits per heavy atom. The van der Waals surface area contributed by atoms with Crippen molar-refractivity contribution in [1.29, 1.82) is 0 Å². The first kappa shape index (κ1) is 13.3. The van der Waals surface area contributed by atoms with Crippen LogP contribution in [0.3, 0.4) is 0 Å². The highest BCUT2D eigenvalue weighted by molar-refractivity contribution is 7.89. The molecule has 7 nitrogen and oxygen atoms in total. The summed E-state index contributed by atoms with van der Waals surface area (Å²) in [4.78, 5) is 0.00625. The molecule has 102 valence electrons. The molecule has 1 aromatic heterocycles. The number of aliphatic hydroxyl groups is 1. The average molecular weight is 274 g/mol. The molecular weight excluding hydrogens is 256 g/mol. The van der Waals surface area contributed by atoms with Crippen molar-refractivity contribution in [1.82, 2.24) is 14.1 Å².